The van der Waals surface area contributed by atoms with Crippen molar-refractivity contribution >= 4 is 29.9 Å². The highest BCUT2D eigenvalue weighted by Crippen LogP contribution is 2.19. The van der Waals surface area contributed by atoms with Crippen molar-refractivity contribution in [3.8, 4) is 5.75 Å². The van der Waals surface area contributed by atoms with Crippen LogP contribution in [0.5, 0.6) is 5.75 Å². The largest absolute Gasteiger partial charge is 0.496 e. The number of guanidine groups is 1. The maximum Gasteiger partial charge on any atom is 0.191 e. The molecule has 0 bridgehead atoms. The summed E-state index contributed by atoms with van der Waals surface area (Å²) in [4.78, 5) is 4.48. The van der Waals surface area contributed by atoms with Crippen LogP contribution in [0.15, 0.2) is 53.5 Å². The summed E-state index contributed by atoms with van der Waals surface area (Å²) in [6, 6.07) is 16.2. The van der Waals surface area contributed by atoms with Crippen molar-refractivity contribution in [2.24, 2.45) is 4.99 Å². The molecule has 0 aromatic heterocycles. The third-order valence-corrected chi connectivity index (χ3v) is 4.79. The summed E-state index contributed by atoms with van der Waals surface area (Å²) in [6.45, 7) is 8.03. The minimum Gasteiger partial charge on any atom is -0.496 e. The number of nitrogens with one attached hydrogen (secondary N) is 2. The number of aliphatic imine (C=N–C) groups is 1. The molecule has 2 aromatic carbocycles. The van der Waals surface area contributed by atoms with Crippen LogP contribution in [-0.4, -0.2) is 50.5 Å². The lowest BCUT2D eigenvalue weighted by molar-refractivity contribution is 0.00112. The van der Waals surface area contributed by atoms with Gasteiger partial charge < -0.3 is 25.2 Å². The van der Waals surface area contributed by atoms with Crippen LogP contribution < -0.4 is 15.4 Å². The van der Waals surface area contributed by atoms with Crippen LogP contribution in [0.4, 0.5) is 0 Å². The fourth-order valence-corrected chi connectivity index (χ4v) is 3.01. The Balaban J connectivity index is 0.00000480. The Bertz CT molecular complexity index is 787. The van der Waals surface area contributed by atoms with Gasteiger partial charge in [-0.2, -0.15) is 0 Å². The average molecular weight is 541 g/mol. The van der Waals surface area contributed by atoms with Crippen molar-refractivity contribution in [3.63, 3.8) is 0 Å². The zero-order valence-electron chi connectivity index (χ0n) is 18.9. The zero-order valence-corrected chi connectivity index (χ0v) is 21.3. The summed E-state index contributed by atoms with van der Waals surface area (Å²) in [5.74, 6) is 1.59. The Morgan fingerprint density at radius 2 is 1.87 bits per heavy atom. The number of aryl methyl sites for hydroxylation is 1. The molecule has 0 amide bonds. The molecule has 0 aliphatic heterocycles. The van der Waals surface area contributed by atoms with Crippen LogP contribution in [0.1, 0.15) is 36.6 Å². The van der Waals surface area contributed by atoms with Gasteiger partial charge in [0, 0.05) is 13.1 Å². The zero-order chi connectivity index (χ0) is 21.8. The molecule has 0 spiro atoms. The van der Waals surface area contributed by atoms with Crippen LogP contribution in [0.3, 0.4) is 0 Å². The van der Waals surface area contributed by atoms with E-state index in [2.05, 4.69) is 33.8 Å². The standard InChI is InChI=1S/C24H35N3O3.HI/c1-5-25-24(26-14-13-20-12-11-18(2)23(15-20)29-4)27-16-22(28)17-30-19(3)21-9-7-6-8-10-21;/h6-12,15,19,22,28H,5,13-14,16-17H2,1-4H3,(H2,25,26,27);1H. The quantitative estimate of drug-likeness (QED) is 0.229. The molecule has 172 valence electrons. The molecule has 2 atom stereocenters. The van der Waals surface area contributed by atoms with Gasteiger partial charge in [-0.25, -0.2) is 0 Å². The van der Waals surface area contributed by atoms with Crippen molar-refractivity contribution in [1.29, 1.82) is 0 Å². The number of benzene rings is 2. The lowest BCUT2D eigenvalue weighted by Gasteiger charge is -2.17. The van der Waals surface area contributed by atoms with Crippen molar-refractivity contribution in [3.05, 3.63) is 65.2 Å². The Labute approximate surface area is 203 Å². The van der Waals surface area contributed by atoms with Gasteiger partial charge in [-0.3, -0.25) is 4.99 Å². The van der Waals surface area contributed by atoms with Gasteiger partial charge in [0.05, 0.1) is 32.5 Å². The van der Waals surface area contributed by atoms with E-state index in [0.29, 0.717) is 5.96 Å². The van der Waals surface area contributed by atoms with Gasteiger partial charge in [-0.15, -0.1) is 24.0 Å². The number of rotatable bonds is 11. The van der Waals surface area contributed by atoms with E-state index in [1.54, 1.807) is 7.11 Å². The smallest absolute Gasteiger partial charge is 0.191 e. The number of halogens is 1. The molecular weight excluding hydrogens is 505 g/mol. The van der Waals surface area contributed by atoms with Crippen LogP contribution in [0.25, 0.3) is 0 Å². The molecule has 0 heterocycles. The van der Waals surface area contributed by atoms with E-state index in [1.807, 2.05) is 51.1 Å². The van der Waals surface area contributed by atoms with Crippen molar-refractivity contribution < 1.29 is 14.6 Å². The van der Waals surface area contributed by atoms with E-state index in [0.717, 1.165) is 36.4 Å². The maximum atomic E-state index is 10.2. The van der Waals surface area contributed by atoms with E-state index in [-0.39, 0.29) is 43.2 Å². The van der Waals surface area contributed by atoms with Crippen molar-refractivity contribution in [2.75, 3.05) is 33.4 Å². The summed E-state index contributed by atoms with van der Waals surface area (Å²) < 4.78 is 11.2. The highest BCUT2D eigenvalue weighted by molar-refractivity contribution is 14.0. The number of nitrogens with zero attached hydrogens (tertiary/aromatic N) is 1. The lowest BCUT2D eigenvalue weighted by atomic mass is 10.1. The summed E-state index contributed by atoms with van der Waals surface area (Å²) in [7, 11) is 1.69. The van der Waals surface area contributed by atoms with Gasteiger partial charge in [0.2, 0.25) is 0 Å². The Morgan fingerprint density at radius 1 is 1.13 bits per heavy atom. The number of hydrogen-bond donors (Lipinski definition) is 3. The average Bonchev–Trinajstić information content (AvgIpc) is 2.77. The van der Waals surface area contributed by atoms with Crippen LogP contribution in [0.2, 0.25) is 0 Å². The van der Waals surface area contributed by atoms with Gasteiger partial charge in [0.1, 0.15) is 5.75 Å². The number of aliphatic hydroxyl groups excluding tert-OH is 1. The summed E-state index contributed by atoms with van der Waals surface area (Å²) in [6.07, 6.45) is 0.122. The molecule has 6 nitrogen and oxygen atoms in total. The van der Waals surface area contributed by atoms with Gasteiger partial charge in [0.25, 0.3) is 0 Å². The van der Waals surface area contributed by atoms with Crippen molar-refractivity contribution in [1.82, 2.24) is 10.6 Å². The minimum absolute atomic E-state index is 0. The van der Waals surface area contributed by atoms with Gasteiger partial charge in [0.15, 0.2) is 5.96 Å². The highest BCUT2D eigenvalue weighted by Gasteiger charge is 2.10. The molecule has 2 rings (SSSR count). The van der Waals surface area contributed by atoms with E-state index in [4.69, 9.17) is 9.47 Å². The number of aliphatic hydroxyl groups is 1. The van der Waals surface area contributed by atoms with E-state index in [9.17, 15) is 5.11 Å². The van der Waals surface area contributed by atoms with Crippen LogP contribution in [0, 0.1) is 6.92 Å². The topological polar surface area (TPSA) is 75.1 Å². The van der Waals surface area contributed by atoms with Gasteiger partial charge in [-0.1, -0.05) is 42.5 Å². The first kappa shape index (κ1) is 27.2. The molecule has 0 fully saturated rings. The minimum atomic E-state index is -0.659. The second-order valence-corrected chi connectivity index (χ2v) is 7.24. The predicted octanol–water partition coefficient (Wildman–Crippen LogP) is 3.86. The van der Waals surface area contributed by atoms with E-state index in [1.165, 1.54) is 5.56 Å². The molecule has 2 unspecified atom stereocenters. The van der Waals surface area contributed by atoms with Gasteiger partial charge >= 0.3 is 0 Å². The fraction of sp³-hybridized carbons (Fsp3) is 0.458. The number of hydrogen-bond acceptors (Lipinski definition) is 4. The molecule has 0 aliphatic rings. The summed E-state index contributed by atoms with van der Waals surface area (Å²) in [5, 5.41) is 16.8. The van der Waals surface area contributed by atoms with Crippen LogP contribution in [-0.2, 0) is 11.2 Å². The second kappa shape index (κ2) is 15.0. The molecule has 3 N–H and O–H groups in total. The van der Waals surface area contributed by atoms with Crippen molar-refractivity contribution in [2.45, 2.75) is 39.4 Å². The molecule has 31 heavy (non-hydrogen) atoms. The molecule has 2 aromatic rings. The summed E-state index contributed by atoms with van der Waals surface area (Å²) in [5.41, 5.74) is 3.42. The first-order valence-electron chi connectivity index (χ1n) is 10.5. The SMILES string of the molecule is CCNC(=NCC(O)COC(C)c1ccccc1)NCCc1ccc(C)c(OC)c1.I. The normalized spacial score (nSPS) is 13.1. The van der Waals surface area contributed by atoms with E-state index >= 15 is 0 Å². The first-order chi connectivity index (χ1) is 14.5. The third-order valence-electron chi connectivity index (χ3n) is 4.79. The molecule has 0 saturated carbocycles. The molecular formula is C24H36IN3O3. The lowest BCUT2D eigenvalue weighted by Crippen LogP contribution is -2.39. The Morgan fingerprint density at radius 3 is 2.55 bits per heavy atom. The number of methoxy groups -OCH3 is 1. The number of ether oxygens (including phenoxy) is 2. The third kappa shape index (κ3) is 9.88. The molecule has 0 radical (unpaired) electrons. The Kier molecular flexibility index (Phi) is 13.2. The second-order valence-electron chi connectivity index (χ2n) is 7.24. The molecule has 0 aliphatic carbocycles. The predicted molar refractivity (Wildman–Crippen MR) is 138 cm³/mol. The first-order valence-corrected chi connectivity index (χ1v) is 10.5. The molecule has 7 heteroatoms. The summed E-state index contributed by atoms with van der Waals surface area (Å²) >= 11 is 0. The van der Waals surface area contributed by atoms with Crippen LogP contribution >= 0.6 is 24.0 Å². The fourth-order valence-electron chi connectivity index (χ4n) is 3.01. The van der Waals surface area contributed by atoms with E-state index < -0.39 is 6.10 Å². The monoisotopic (exact) mass is 541 g/mol. The maximum absolute atomic E-state index is 10.2. The Hall–Kier alpha value is -1.84. The van der Waals surface area contributed by atoms with Gasteiger partial charge in [-0.05, 0) is 49.9 Å². The highest BCUT2D eigenvalue weighted by atomic mass is 127. The molecule has 0 saturated heterocycles.